The topological polar surface area (TPSA) is 41.3 Å². The Bertz CT molecular complexity index is 419. The van der Waals surface area contributed by atoms with Crippen molar-refractivity contribution < 1.29 is 5.11 Å². The predicted molar refractivity (Wildman–Crippen MR) is 83.5 cm³/mol. The van der Waals surface area contributed by atoms with Crippen LogP contribution >= 0.6 is 0 Å². The molecule has 0 radical (unpaired) electrons. The summed E-state index contributed by atoms with van der Waals surface area (Å²) in [6.07, 6.45) is 2.62. The lowest BCUT2D eigenvalue weighted by atomic mass is 10.2. The molecule has 0 bridgehead atoms. The number of hydrogen-bond acceptors (Lipinski definition) is 3. The lowest BCUT2D eigenvalue weighted by Crippen LogP contribution is -2.54. The van der Waals surface area contributed by atoms with Gasteiger partial charge in [-0.1, -0.05) is 33.9 Å². The van der Waals surface area contributed by atoms with Crippen LogP contribution in [-0.2, 0) is 13.1 Å². The van der Waals surface area contributed by atoms with Crippen molar-refractivity contribution in [3.05, 3.63) is 11.9 Å². The van der Waals surface area contributed by atoms with Gasteiger partial charge in [-0.2, -0.15) is 0 Å². The standard InChI is InChI=1S/C14H29N3OSi/c1-14(2,3)19(6,7)13-15-10-12(8-9-18)17(13)11-16(4)5/h10,18H,8-9,11H2,1-7H3. The zero-order valence-electron chi connectivity index (χ0n) is 13.5. The van der Waals surface area contributed by atoms with Crippen LogP contribution in [0.25, 0.3) is 0 Å². The number of aromatic nitrogens is 2. The van der Waals surface area contributed by atoms with Crippen LogP contribution in [0.4, 0.5) is 0 Å². The molecule has 0 atom stereocenters. The predicted octanol–water partition coefficient (Wildman–Crippen LogP) is 1.65. The van der Waals surface area contributed by atoms with E-state index >= 15 is 0 Å². The Hall–Kier alpha value is -0.653. The molecule has 19 heavy (non-hydrogen) atoms. The number of aliphatic hydroxyl groups excluding tert-OH is 1. The second kappa shape index (κ2) is 5.77. The van der Waals surface area contributed by atoms with Gasteiger partial charge in [-0.05, 0) is 19.1 Å². The van der Waals surface area contributed by atoms with Gasteiger partial charge in [0.05, 0.1) is 12.1 Å². The summed E-state index contributed by atoms with van der Waals surface area (Å²) in [5, 5.41) is 9.47. The number of aliphatic hydroxyl groups is 1. The largest absolute Gasteiger partial charge is 0.396 e. The van der Waals surface area contributed by atoms with Crippen molar-refractivity contribution in [2.45, 2.75) is 52.0 Å². The van der Waals surface area contributed by atoms with Crippen LogP contribution in [-0.4, -0.2) is 48.3 Å². The molecular formula is C14H29N3OSi. The molecule has 0 aliphatic carbocycles. The minimum absolute atomic E-state index is 0.177. The van der Waals surface area contributed by atoms with E-state index in [1.54, 1.807) is 0 Å². The number of imidazole rings is 1. The minimum atomic E-state index is -1.66. The fraction of sp³-hybridized carbons (Fsp3) is 0.786. The summed E-state index contributed by atoms with van der Waals surface area (Å²) in [6.45, 7) is 12.7. The lowest BCUT2D eigenvalue weighted by Gasteiger charge is -2.37. The fourth-order valence-electron chi connectivity index (χ4n) is 2.00. The Kier molecular flexibility index (Phi) is 4.98. The molecule has 5 heteroatoms. The molecule has 0 saturated heterocycles. The lowest BCUT2D eigenvalue weighted by molar-refractivity contribution is 0.287. The summed E-state index contributed by atoms with van der Waals surface area (Å²) in [5.41, 5.74) is 2.37. The molecule has 1 heterocycles. The SMILES string of the molecule is CN(C)Cn1c(CCO)cnc1[Si](C)(C)C(C)(C)C. The van der Waals surface area contributed by atoms with Gasteiger partial charge in [0.15, 0.2) is 0 Å². The summed E-state index contributed by atoms with van der Waals surface area (Å²) >= 11 is 0. The van der Waals surface area contributed by atoms with Crippen molar-refractivity contribution in [1.82, 2.24) is 14.5 Å². The van der Waals surface area contributed by atoms with Crippen molar-refractivity contribution in [3.63, 3.8) is 0 Å². The van der Waals surface area contributed by atoms with E-state index in [-0.39, 0.29) is 11.6 Å². The zero-order chi connectivity index (χ0) is 14.8. The highest BCUT2D eigenvalue weighted by atomic mass is 28.3. The Morgan fingerprint density at radius 1 is 1.32 bits per heavy atom. The van der Waals surface area contributed by atoms with Gasteiger partial charge in [-0.3, -0.25) is 4.90 Å². The third-order valence-electron chi connectivity index (χ3n) is 4.16. The first kappa shape index (κ1) is 16.4. The van der Waals surface area contributed by atoms with E-state index in [4.69, 9.17) is 4.98 Å². The Morgan fingerprint density at radius 3 is 2.32 bits per heavy atom. The van der Waals surface area contributed by atoms with Crippen LogP contribution < -0.4 is 5.45 Å². The van der Waals surface area contributed by atoms with Crippen molar-refractivity contribution in [3.8, 4) is 0 Å². The maximum absolute atomic E-state index is 9.21. The molecule has 1 N–H and O–H groups in total. The van der Waals surface area contributed by atoms with Crippen molar-refractivity contribution in [2.24, 2.45) is 0 Å². The number of nitrogens with zero attached hydrogens (tertiary/aromatic N) is 3. The molecule has 1 aromatic heterocycles. The van der Waals surface area contributed by atoms with E-state index in [1.807, 2.05) is 6.20 Å². The monoisotopic (exact) mass is 283 g/mol. The summed E-state index contributed by atoms with van der Waals surface area (Å²) < 4.78 is 2.30. The van der Waals surface area contributed by atoms with Crippen LogP contribution in [0.5, 0.6) is 0 Å². The average molecular weight is 283 g/mol. The first-order valence-corrected chi connectivity index (χ1v) is 9.91. The van der Waals surface area contributed by atoms with Gasteiger partial charge in [0.25, 0.3) is 0 Å². The quantitative estimate of drug-likeness (QED) is 0.836. The molecule has 0 amide bonds. The van der Waals surface area contributed by atoms with E-state index in [9.17, 15) is 5.11 Å². The molecule has 1 rings (SSSR count). The maximum Gasteiger partial charge on any atom is 0.131 e. The molecule has 0 fully saturated rings. The van der Waals surface area contributed by atoms with Gasteiger partial charge >= 0.3 is 0 Å². The van der Waals surface area contributed by atoms with Crippen molar-refractivity contribution in [1.29, 1.82) is 0 Å². The Morgan fingerprint density at radius 2 is 1.89 bits per heavy atom. The summed E-state index contributed by atoms with van der Waals surface area (Å²) in [7, 11) is 2.48. The Balaban J connectivity index is 3.27. The minimum Gasteiger partial charge on any atom is -0.396 e. The van der Waals surface area contributed by atoms with E-state index < -0.39 is 8.07 Å². The van der Waals surface area contributed by atoms with Crippen LogP contribution in [0, 0.1) is 0 Å². The molecule has 0 aliphatic heterocycles. The molecule has 110 valence electrons. The highest BCUT2D eigenvalue weighted by molar-refractivity contribution is 6.91. The van der Waals surface area contributed by atoms with E-state index in [2.05, 4.69) is 57.4 Å². The van der Waals surface area contributed by atoms with E-state index in [0.717, 1.165) is 12.4 Å². The van der Waals surface area contributed by atoms with Crippen LogP contribution in [0.2, 0.25) is 18.1 Å². The van der Waals surface area contributed by atoms with Gasteiger partial charge in [-0.15, -0.1) is 0 Å². The smallest absolute Gasteiger partial charge is 0.131 e. The second-order valence-electron chi connectivity index (χ2n) is 7.07. The van der Waals surface area contributed by atoms with Crippen LogP contribution in [0.15, 0.2) is 6.20 Å². The van der Waals surface area contributed by atoms with Gasteiger partial charge in [0.1, 0.15) is 8.07 Å². The molecular weight excluding hydrogens is 254 g/mol. The summed E-state index contributed by atoms with van der Waals surface area (Å²) in [5.74, 6) is 0. The highest BCUT2D eigenvalue weighted by Gasteiger charge is 2.41. The maximum atomic E-state index is 9.21. The first-order valence-electron chi connectivity index (χ1n) is 6.91. The van der Waals surface area contributed by atoms with Gasteiger partial charge in [0, 0.05) is 24.9 Å². The van der Waals surface area contributed by atoms with Crippen molar-refractivity contribution in [2.75, 3.05) is 20.7 Å². The third kappa shape index (κ3) is 3.46. The number of rotatable bonds is 5. The average Bonchev–Trinajstić information content (AvgIpc) is 2.60. The summed E-state index contributed by atoms with van der Waals surface area (Å²) in [6, 6.07) is 0. The van der Waals surface area contributed by atoms with Gasteiger partial charge < -0.3 is 9.67 Å². The Labute approximate surface area is 118 Å². The molecule has 4 nitrogen and oxygen atoms in total. The summed E-state index contributed by atoms with van der Waals surface area (Å²) in [4.78, 5) is 6.86. The number of hydrogen-bond donors (Lipinski definition) is 1. The fourth-order valence-corrected chi connectivity index (χ4v) is 3.95. The second-order valence-corrected chi connectivity index (χ2v) is 12.3. The van der Waals surface area contributed by atoms with Gasteiger partial charge in [-0.25, -0.2) is 4.98 Å². The van der Waals surface area contributed by atoms with Crippen LogP contribution in [0.1, 0.15) is 26.5 Å². The normalized spacial score (nSPS) is 13.3. The van der Waals surface area contributed by atoms with Crippen molar-refractivity contribution >= 4 is 13.5 Å². The van der Waals surface area contributed by atoms with Crippen LogP contribution in [0.3, 0.4) is 0 Å². The molecule has 0 saturated carbocycles. The molecule has 0 spiro atoms. The first-order chi connectivity index (χ1) is 8.61. The molecule has 0 aliphatic rings. The third-order valence-corrected chi connectivity index (χ3v) is 9.43. The van der Waals surface area contributed by atoms with Gasteiger partial charge in [0.2, 0.25) is 0 Å². The van der Waals surface area contributed by atoms with E-state index in [1.165, 1.54) is 5.45 Å². The zero-order valence-corrected chi connectivity index (χ0v) is 14.5. The molecule has 0 unspecified atom stereocenters. The van der Waals surface area contributed by atoms with E-state index in [0.29, 0.717) is 6.42 Å². The molecule has 1 aromatic rings. The highest BCUT2D eigenvalue weighted by Crippen LogP contribution is 2.35. The molecule has 0 aromatic carbocycles.